The maximum absolute atomic E-state index is 6.06. The summed E-state index contributed by atoms with van der Waals surface area (Å²) in [5.74, 6) is 1.51. The minimum atomic E-state index is 0.452. The number of nitrogens with zero attached hydrogens (tertiary/aromatic N) is 3. The zero-order valence-corrected chi connectivity index (χ0v) is 12.9. The summed E-state index contributed by atoms with van der Waals surface area (Å²) < 4.78 is 0. The van der Waals surface area contributed by atoms with Gasteiger partial charge in [0, 0.05) is 30.2 Å². The zero-order valence-electron chi connectivity index (χ0n) is 12.2. The van der Waals surface area contributed by atoms with Crippen molar-refractivity contribution in [3.8, 4) is 0 Å². The molecule has 1 atom stereocenters. The van der Waals surface area contributed by atoms with Gasteiger partial charge in [0.15, 0.2) is 5.65 Å². The summed E-state index contributed by atoms with van der Waals surface area (Å²) in [7, 11) is 0. The second-order valence-corrected chi connectivity index (χ2v) is 6.28. The van der Waals surface area contributed by atoms with Crippen LogP contribution in [-0.4, -0.2) is 32.9 Å². The Morgan fingerprint density at radius 1 is 1.27 bits per heavy atom. The fourth-order valence-corrected chi connectivity index (χ4v) is 3.36. The molecule has 0 radical (unpaired) electrons. The van der Waals surface area contributed by atoms with Crippen molar-refractivity contribution in [2.75, 3.05) is 13.1 Å². The molecule has 1 aromatic carbocycles. The van der Waals surface area contributed by atoms with Crippen molar-refractivity contribution in [2.45, 2.75) is 18.9 Å². The molecule has 0 amide bonds. The highest BCUT2D eigenvalue weighted by Crippen LogP contribution is 2.27. The number of pyridine rings is 1. The van der Waals surface area contributed by atoms with Crippen LogP contribution in [-0.2, 0) is 6.54 Å². The van der Waals surface area contributed by atoms with Crippen LogP contribution in [0.5, 0.6) is 0 Å². The first-order valence-electron chi connectivity index (χ1n) is 7.55. The summed E-state index contributed by atoms with van der Waals surface area (Å²) in [6.07, 6.45) is 2.91. The van der Waals surface area contributed by atoms with Gasteiger partial charge in [-0.3, -0.25) is 4.90 Å². The standard InChI is InChI=1S/C17H17ClN4/c18-14-4-1-3-12(9-14)10-22-8-6-13(11-22)16-20-15-5-2-7-19-17(15)21-16/h1-5,7,9,13H,6,8,10-11H2,(H,19,20,21). The Bertz CT molecular complexity index is 765. The largest absolute Gasteiger partial charge is 0.340 e. The summed E-state index contributed by atoms with van der Waals surface area (Å²) in [6, 6.07) is 12.1. The Kier molecular flexibility index (Phi) is 3.56. The number of halogens is 1. The molecular formula is C17H17ClN4. The van der Waals surface area contributed by atoms with Crippen LogP contribution in [0.2, 0.25) is 5.02 Å². The Labute approximate surface area is 134 Å². The van der Waals surface area contributed by atoms with Gasteiger partial charge in [-0.15, -0.1) is 0 Å². The quantitative estimate of drug-likeness (QED) is 0.803. The topological polar surface area (TPSA) is 44.8 Å². The maximum atomic E-state index is 6.06. The molecule has 22 heavy (non-hydrogen) atoms. The van der Waals surface area contributed by atoms with Gasteiger partial charge in [0.2, 0.25) is 0 Å². The van der Waals surface area contributed by atoms with Crippen LogP contribution in [0.15, 0.2) is 42.6 Å². The number of fused-ring (bicyclic) bond motifs is 1. The Balaban J connectivity index is 1.47. The third-order valence-corrected chi connectivity index (χ3v) is 4.47. The Hall–Kier alpha value is -1.91. The number of imidazole rings is 1. The van der Waals surface area contributed by atoms with E-state index in [4.69, 9.17) is 11.6 Å². The monoisotopic (exact) mass is 312 g/mol. The number of aromatic amines is 1. The molecule has 1 saturated heterocycles. The molecule has 3 aromatic rings. The number of benzene rings is 1. The van der Waals surface area contributed by atoms with E-state index in [1.165, 1.54) is 5.56 Å². The van der Waals surface area contributed by atoms with Crippen LogP contribution in [0.4, 0.5) is 0 Å². The minimum Gasteiger partial charge on any atom is -0.340 e. The van der Waals surface area contributed by atoms with Gasteiger partial charge in [-0.05, 0) is 42.8 Å². The highest BCUT2D eigenvalue weighted by Gasteiger charge is 2.26. The van der Waals surface area contributed by atoms with Crippen molar-refractivity contribution < 1.29 is 0 Å². The molecule has 5 heteroatoms. The van der Waals surface area contributed by atoms with Gasteiger partial charge in [0.25, 0.3) is 0 Å². The first kappa shape index (κ1) is 13.7. The van der Waals surface area contributed by atoms with Crippen LogP contribution in [0, 0.1) is 0 Å². The SMILES string of the molecule is Clc1cccc(CN2CCC(c3nc4ncccc4[nH]3)C2)c1. The number of rotatable bonds is 3. The van der Waals surface area contributed by atoms with Crippen molar-refractivity contribution in [1.82, 2.24) is 19.9 Å². The van der Waals surface area contributed by atoms with Crippen LogP contribution in [0.3, 0.4) is 0 Å². The molecule has 2 aromatic heterocycles. The number of hydrogen-bond acceptors (Lipinski definition) is 3. The summed E-state index contributed by atoms with van der Waals surface area (Å²) in [5.41, 5.74) is 3.09. The lowest BCUT2D eigenvalue weighted by molar-refractivity contribution is 0.326. The molecule has 1 unspecified atom stereocenters. The molecule has 1 aliphatic heterocycles. The number of nitrogens with one attached hydrogen (secondary N) is 1. The van der Waals surface area contributed by atoms with Crippen LogP contribution >= 0.6 is 11.6 Å². The average Bonchev–Trinajstić information content (AvgIpc) is 3.13. The Morgan fingerprint density at radius 2 is 2.23 bits per heavy atom. The smallest absolute Gasteiger partial charge is 0.177 e. The van der Waals surface area contributed by atoms with Crippen molar-refractivity contribution in [3.05, 3.63) is 59.0 Å². The van der Waals surface area contributed by atoms with Crippen molar-refractivity contribution in [2.24, 2.45) is 0 Å². The summed E-state index contributed by atoms with van der Waals surface area (Å²) >= 11 is 6.06. The van der Waals surface area contributed by atoms with E-state index in [1.807, 2.05) is 30.3 Å². The number of hydrogen-bond donors (Lipinski definition) is 1. The van der Waals surface area contributed by atoms with E-state index in [-0.39, 0.29) is 0 Å². The molecule has 4 rings (SSSR count). The zero-order chi connectivity index (χ0) is 14.9. The van der Waals surface area contributed by atoms with Crippen LogP contribution in [0.1, 0.15) is 23.7 Å². The second-order valence-electron chi connectivity index (χ2n) is 5.85. The predicted molar refractivity (Wildman–Crippen MR) is 88.0 cm³/mol. The molecule has 0 spiro atoms. The van der Waals surface area contributed by atoms with E-state index >= 15 is 0 Å². The molecule has 1 fully saturated rings. The summed E-state index contributed by atoms with van der Waals surface area (Å²) in [5, 5.41) is 0.802. The molecule has 0 saturated carbocycles. The fourth-order valence-electron chi connectivity index (χ4n) is 3.15. The number of H-pyrrole nitrogens is 1. The van der Waals surface area contributed by atoms with E-state index in [0.29, 0.717) is 5.92 Å². The normalized spacial score (nSPS) is 19.0. The third-order valence-electron chi connectivity index (χ3n) is 4.23. The van der Waals surface area contributed by atoms with E-state index in [9.17, 15) is 0 Å². The second kappa shape index (κ2) is 5.71. The lowest BCUT2D eigenvalue weighted by atomic mass is 10.1. The minimum absolute atomic E-state index is 0.452. The van der Waals surface area contributed by atoms with E-state index < -0.39 is 0 Å². The highest BCUT2D eigenvalue weighted by molar-refractivity contribution is 6.30. The molecule has 1 N–H and O–H groups in total. The molecule has 0 bridgehead atoms. The summed E-state index contributed by atoms with van der Waals surface area (Å²) in [6.45, 7) is 3.05. The molecule has 0 aliphatic carbocycles. The highest BCUT2D eigenvalue weighted by atomic mass is 35.5. The van der Waals surface area contributed by atoms with Crippen molar-refractivity contribution in [3.63, 3.8) is 0 Å². The molecule has 3 heterocycles. The predicted octanol–water partition coefficient (Wildman–Crippen LogP) is 3.60. The van der Waals surface area contributed by atoms with Crippen LogP contribution < -0.4 is 0 Å². The molecule has 4 nitrogen and oxygen atoms in total. The van der Waals surface area contributed by atoms with Gasteiger partial charge in [0.1, 0.15) is 5.82 Å². The van der Waals surface area contributed by atoms with E-state index in [2.05, 4.69) is 25.9 Å². The number of aromatic nitrogens is 3. The first-order valence-corrected chi connectivity index (χ1v) is 7.93. The molecular weight excluding hydrogens is 296 g/mol. The average molecular weight is 313 g/mol. The molecule has 1 aliphatic rings. The van der Waals surface area contributed by atoms with E-state index in [0.717, 1.165) is 48.1 Å². The van der Waals surface area contributed by atoms with Gasteiger partial charge < -0.3 is 4.98 Å². The van der Waals surface area contributed by atoms with Gasteiger partial charge in [-0.2, -0.15) is 0 Å². The molecule has 112 valence electrons. The summed E-state index contributed by atoms with van der Waals surface area (Å²) in [4.78, 5) is 14.8. The maximum Gasteiger partial charge on any atom is 0.177 e. The first-order chi connectivity index (χ1) is 10.8. The van der Waals surface area contributed by atoms with E-state index in [1.54, 1.807) is 6.20 Å². The van der Waals surface area contributed by atoms with Gasteiger partial charge in [-0.25, -0.2) is 9.97 Å². The Morgan fingerprint density at radius 3 is 3.09 bits per heavy atom. The van der Waals surface area contributed by atoms with Gasteiger partial charge in [-0.1, -0.05) is 23.7 Å². The van der Waals surface area contributed by atoms with Gasteiger partial charge >= 0.3 is 0 Å². The van der Waals surface area contributed by atoms with Gasteiger partial charge in [0.05, 0.1) is 5.52 Å². The fraction of sp³-hybridized carbons (Fsp3) is 0.294. The number of likely N-dealkylation sites (tertiary alicyclic amines) is 1. The third kappa shape index (κ3) is 2.72. The lowest BCUT2D eigenvalue weighted by Crippen LogP contribution is -2.19. The lowest BCUT2D eigenvalue weighted by Gasteiger charge is -2.15. The van der Waals surface area contributed by atoms with Crippen LogP contribution in [0.25, 0.3) is 11.2 Å². The van der Waals surface area contributed by atoms with Crippen molar-refractivity contribution >= 4 is 22.8 Å². The van der Waals surface area contributed by atoms with Crippen molar-refractivity contribution in [1.29, 1.82) is 0 Å².